The predicted molar refractivity (Wildman–Crippen MR) is 76.4 cm³/mol. The molecule has 0 aliphatic carbocycles. The van der Waals surface area contributed by atoms with Gasteiger partial charge in [-0.1, -0.05) is 13.8 Å². The fourth-order valence-corrected chi connectivity index (χ4v) is 1.82. The zero-order chi connectivity index (χ0) is 13.7. The van der Waals surface area contributed by atoms with Crippen LogP contribution in [0.1, 0.15) is 26.7 Å². The molecule has 0 unspecified atom stereocenters. The van der Waals surface area contributed by atoms with Gasteiger partial charge in [-0.2, -0.15) is 0 Å². The molecule has 0 saturated carbocycles. The Labute approximate surface area is 112 Å². The molecule has 1 N–H and O–H groups in total. The monoisotopic (exact) mass is 258 g/mol. The molecule has 1 amide bonds. The Kier molecular flexibility index (Phi) is 4.34. The second-order valence-corrected chi connectivity index (χ2v) is 4.26. The molecule has 4 nitrogen and oxygen atoms in total. The van der Waals surface area contributed by atoms with E-state index >= 15 is 0 Å². The fourth-order valence-electron chi connectivity index (χ4n) is 1.82. The number of benzene rings is 1. The van der Waals surface area contributed by atoms with Gasteiger partial charge in [-0.25, -0.2) is 0 Å². The number of aromatic nitrogens is 1. The smallest absolute Gasteiger partial charge is 0.224 e. The summed E-state index contributed by atoms with van der Waals surface area (Å²) in [6, 6.07) is 7.51. The maximum atomic E-state index is 11.5. The standard InChI is InChI=1S/C15H18N2O2/c1-3-10-19-13-8-7-12(17-14(18)4-2)11-6-5-9-16-15(11)13/h5-9H,3-4,10H2,1-2H3,(H,17,18). The molecule has 0 aliphatic heterocycles. The molecule has 100 valence electrons. The van der Waals surface area contributed by atoms with Crippen LogP contribution in [0.25, 0.3) is 10.9 Å². The minimum Gasteiger partial charge on any atom is -0.491 e. The number of carbonyl (C=O) groups excluding carboxylic acids is 1. The Morgan fingerprint density at radius 1 is 1.32 bits per heavy atom. The van der Waals surface area contributed by atoms with Gasteiger partial charge < -0.3 is 10.1 Å². The Morgan fingerprint density at radius 3 is 2.89 bits per heavy atom. The summed E-state index contributed by atoms with van der Waals surface area (Å²) in [7, 11) is 0. The predicted octanol–water partition coefficient (Wildman–Crippen LogP) is 3.37. The Bertz CT molecular complexity index is 581. The number of ether oxygens (including phenoxy) is 1. The molecule has 19 heavy (non-hydrogen) atoms. The van der Waals surface area contributed by atoms with Crippen molar-refractivity contribution in [2.45, 2.75) is 26.7 Å². The number of nitrogens with one attached hydrogen (secondary N) is 1. The van der Waals surface area contributed by atoms with Gasteiger partial charge in [0, 0.05) is 18.0 Å². The third-order valence-electron chi connectivity index (χ3n) is 2.79. The fraction of sp³-hybridized carbons (Fsp3) is 0.333. The Morgan fingerprint density at radius 2 is 2.16 bits per heavy atom. The summed E-state index contributed by atoms with van der Waals surface area (Å²) < 4.78 is 5.68. The van der Waals surface area contributed by atoms with Crippen LogP contribution in [-0.4, -0.2) is 17.5 Å². The molecule has 4 heteroatoms. The van der Waals surface area contributed by atoms with Gasteiger partial charge in [0.2, 0.25) is 5.91 Å². The van der Waals surface area contributed by atoms with E-state index in [4.69, 9.17) is 4.74 Å². The molecule has 0 fully saturated rings. The van der Waals surface area contributed by atoms with E-state index in [1.165, 1.54) is 0 Å². The van der Waals surface area contributed by atoms with Gasteiger partial charge in [-0.15, -0.1) is 0 Å². The first-order chi connectivity index (χ1) is 9.26. The molecule has 0 spiro atoms. The lowest BCUT2D eigenvalue weighted by Gasteiger charge is -2.11. The molecule has 1 aromatic heterocycles. The summed E-state index contributed by atoms with van der Waals surface area (Å²) >= 11 is 0. The zero-order valence-electron chi connectivity index (χ0n) is 11.3. The topological polar surface area (TPSA) is 51.2 Å². The van der Waals surface area contributed by atoms with E-state index in [0.29, 0.717) is 13.0 Å². The first-order valence-electron chi connectivity index (χ1n) is 6.56. The second kappa shape index (κ2) is 6.18. The molecule has 0 saturated heterocycles. The van der Waals surface area contributed by atoms with Crippen molar-refractivity contribution in [3.05, 3.63) is 30.5 Å². The third kappa shape index (κ3) is 3.02. The van der Waals surface area contributed by atoms with Crippen LogP contribution in [0, 0.1) is 0 Å². The minimum atomic E-state index is -0.00706. The highest BCUT2D eigenvalue weighted by molar-refractivity contribution is 6.02. The number of nitrogens with zero attached hydrogens (tertiary/aromatic N) is 1. The summed E-state index contributed by atoms with van der Waals surface area (Å²) in [5, 5.41) is 3.78. The zero-order valence-corrected chi connectivity index (χ0v) is 11.3. The van der Waals surface area contributed by atoms with E-state index in [-0.39, 0.29) is 5.91 Å². The van der Waals surface area contributed by atoms with Crippen LogP contribution in [0.5, 0.6) is 5.75 Å². The van der Waals surface area contributed by atoms with E-state index in [2.05, 4.69) is 17.2 Å². The largest absolute Gasteiger partial charge is 0.491 e. The van der Waals surface area contributed by atoms with Crippen LogP contribution in [0.3, 0.4) is 0 Å². The Balaban J connectivity index is 2.42. The summed E-state index contributed by atoms with van der Waals surface area (Å²) in [6.45, 7) is 4.55. The summed E-state index contributed by atoms with van der Waals surface area (Å²) in [4.78, 5) is 15.9. The number of fused-ring (bicyclic) bond motifs is 1. The first kappa shape index (κ1) is 13.3. The van der Waals surface area contributed by atoms with E-state index in [1.54, 1.807) is 6.20 Å². The van der Waals surface area contributed by atoms with Crippen LogP contribution in [0.2, 0.25) is 0 Å². The molecule has 0 radical (unpaired) electrons. The molecule has 2 rings (SSSR count). The highest BCUT2D eigenvalue weighted by Crippen LogP contribution is 2.30. The normalized spacial score (nSPS) is 10.4. The van der Waals surface area contributed by atoms with Crippen molar-refractivity contribution in [1.82, 2.24) is 4.98 Å². The number of hydrogen-bond acceptors (Lipinski definition) is 3. The maximum absolute atomic E-state index is 11.5. The maximum Gasteiger partial charge on any atom is 0.224 e. The molecule has 2 aromatic rings. The van der Waals surface area contributed by atoms with Crippen molar-refractivity contribution in [1.29, 1.82) is 0 Å². The highest BCUT2D eigenvalue weighted by atomic mass is 16.5. The van der Waals surface area contributed by atoms with Gasteiger partial charge in [-0.05, 0) is 30.7 Å². The number of anilines is 1. The minimum absolute atomic E-state index is 0.00706. The molecule has 0 bridgehead atoms. The lowest BCUT2D eigenvalue weighted by atomic mass is 10.1. The van der Waals surface area contributed by atoms with Crippen LogP contribution >= 0.6 is 0 Å². The van der Waals surface area contributed by atoms with Crippen molar-refractivity contribution in [2.75, 3.05) is 11.9 Å². The van der Waals surface area contributed by atoms with E-state index in [0.717, 1.165) is 28.8 Å². The molecule has 0 aliphatic rings. The highest BCUT2D eigenvalue weighted by Gasteiger charge is 2.09. The van der Waals surface area contributed by atoms with Gasteiger partial charge in [0.1, 0.15) is 11.3 Å². The van der Waals surface area contributed by atoms with Crippen LogP contribution in [0.15, 0.2) is 30.5 Å². The van der Waals surface area contributed by atoms with E-state index in [1.807, 2.05) is 31.2 Å². The lowest BCUT2D eigenvalue weighted by molar-refractivity contribution is -0.115. The third-order valence-corrected chi connectivity index (χ3v) is 2.79. The molecule has 0 atom stereocenters. The van der Waals surface area contributed by atoms with Crippen LogP contribution in [-0.2, 0) is 4.79 Å². The quantitative estimate of drug-likeness (QED) is 0.894. The van der Waals surface area contributed by atoms with Gasteiger partial charge in [0.05, 0.1) is 12.3 Å². The van der Waals surface area contributed by atoms with Crippen molar-refractivity contribution in [2.24, 2.45) is 0 Å². The lowest BCUT2D eigenvalue weighted by Crippen LogP contribution is -2.10. The Hall–Kier alpha value is -2.10. The van der Waals surface area contributed by atoms with Crippen molar-refractivity contribution in [3.8, 4) is 5.75 Å². The van der Waals surface area contributed by atoms with Gasteiger partial charge in [0.25, 0.3) is 0 Å². The summed E-state index contributed by atoms with van der Waals surface area (Å²) in [6.07, 6.45) is 3.13. The van der Waals surface area contributed by atoms with Crippen LogP contribution in [0.4, 0.5) is 5.69 Å². The van der Waals surface area contributed by atoms with Gasteiger partial charge in [-0.3, -0.25) is 9.78 Å². The number of amides is 1. The van der Waals surface area contributed by atoms with Crippen LogP contribution < -0.4 is 10.1 Å². The number of carbonyl (C=O) groups is 1. The molecule has 1 heterocycles. The molecular weight excluding hydrogens is 240 g/mol. The van der Waals surface area contributed by atoms with Crippen molar-refractivity contribution >= 4 is 22.5 Å². The average molecular weight is 258 g/mol. The number of pyridine rings is 1. The molecular formula is C15H18N2O2. The van der Waals surface area contributed by atoms with Gasteiger partial charge >= 0.3 is 0 Å². The molecule has 1 aromatic carbocycles. The SMILES string of the molecule is CCCOc1ccc(NC(=O)CC)c2cccnc12. The van der Waals surface area contributed by atoms with Crippen molar-refractivity contribution < 1.29 is 9.53 Å². The number of hydrogen-bond donors (Lipinski definition) is 1. The first-order valence-corrected chi connectivity index (χ1v) is 6.56. The van der Waals surface area contributed by atoms with Crippen molar-refractivity contribution in [3.63, 3.8) is 0 Å². The summed E-state index contributed by atoms with van der Waals surface area (Å²) in [5.41, 5.74) is 1.56. The average Bonchev–Trinajstić information content (AvgIpc) is 2.46. The second-order valence-electron chi connectivity index (χ2n) is 4.26. The van der Waals surface area contributed by atoms with Gasteiger partial charge in [0.15, 0.2) is 0 Å². The number of rotatable bonds is 5. The van der Waals surface area contributed by atoms with E-state index in [9.17, 15) is 4.79 Å². The summed E-state index contributed by atoms with van der Waals surface area (Å²) in [5.74, 6) is 0.749. The van der Waals surface area contributed by atoms with E-state index < -0.39 is 0 Å².